The lowest BCUT2D eigenvalue weighted by atomic mass is 9.89. The van der Waals surface area contributed by atoms with Crippen LogP contribution in [0.5, 0.6) is 0 Å². The Kier molecular flexibility index (Phi) is 4.85. The monoisotopic (exact) mass is 285 g/mol. The van der Waals surface area contributed by atoms with Crippen molar-refractivity contribution in [2.24, 2.45) is 0 Å². The molecule has 0 radical (unpaired) electrons. The van der Waals surface area contributed by atoms with E-state index < -0.39 is 11.6 Å². The second kappa shape index (κ2) is 6.23. The Labute approximate surface area is 118 Å². The number of benzene rings is 1. The molecule has 19 heavy (non-hydrogen) atoms. The largest absolute Gasteiger partial charge is 0.309 e. The minimum Gasteiger partial charge on any atom is -0.309 e. The molecule has 0 bridgehead atoms. The van der Waals surface area contributed by atoms with Gasteiger partial charge in [-0.1, -0.05) is 13.0 Å². The molecule has 1 aromatic rings. The van der Waals surface area contributed by atoms with Gasteiger partial charge in [-0.2, -0.15) is 11.8 Å². The summed E-state index contributed by atoms with van der Waals surface area (Å²) >= 11 is 1.82. The van der Waals surface area contributed by atoms with Crippen molar-refractivity contribution in [3.05, 3.63) is 35.4 Å². The van der Waals surface area contributed by atoms with Crippen LogP contribution in [0.1, 0.15) is 44.7 Å². The molecule has 2 rings (SSSR count). The van der Waals surface area contributed by atoms with Gasteiger partial charge in [0.2, 0.25) is 0 Å². The van der Waals surface area contributed by atoms with E-state index in [2.05, 4.69) is 19.2 Å². The van der Waals surface area contributed by atoms with Crippen molar-refractivity contribution < 1.29 is 8.78 Å². The summed E-state index contributed by atoms with van der Waals surface area (Å²) in [5, 5.41) is 3.35. The molecule has 0 amide bonds. The quantitative estimate of drug-likeness (QED) is 0.866. The Hall–Kier alpha value is -0.610. The summed E-state index contributed by atoms with van der Waals surface area (Å²) in [6, 6.07) is 3.86. The summed E-state index contributed by atoms with van der Waals surface area (Å²) in [6.45, 7) is 4.95. The first-order valence-corrected chi connectivity index (χ1v) is 7.88. The van der Waals surface area contributed by atoms with Gasteiger partial charge in [0.05, 0.1) is 6.04 Å². The highest BCUT2D eigenvalue weighted by molar-refractivity contribution is 8.00. The average molecular weight is 285 g/mol. The molecule has 1 saturated heterocycles. The van der Waals surface area contributed by atoms with Crippen LogP contribution in [0.3, 0.4) is 0 Å². The topological polar surface area (TPSA) is 12.0 Å². The Morgan fingerprint density at radius 2 is 2.05 bits per heavy atom. The van der Waals surface area contributed by atoms with E-state index in [0.29, 0.717) is 0 Å². The van der Waals surface area contributed by atoms with E-state index in [9.17, 15) is 8.78 Å². The van der Waals surface area contributed by atoms with Gasteiger partial charge >= 0.3 is 0 Å². The van der Waals surface area contributed by atoms with Gasteiger partial charge in [-0.25, -0.2) is 8.78 Å². The lowest BCUT2D eigenvalue weighted by Gasteiger charge is -2.35. The number of thioether (sulfide) groups is 1. The van der Waals surface area contributed by atoms with Crippen LogP contribution in [-0.2, 0) is 0 Å². The minimum atomic E-state index is -0.442. The zero-order chi connectivity index (χ0) is 13.9. The van der Waals surface area contributed by atoms with Gasteiger partial charge < -0.3 is 5.32 Å². The van der Waals surface area contributed by atoms with Gasteiger partial charge in [0, 0.05) is 10.3 Å². The lowest BCUT2D eigenvalue weighted by molar-refractivity contribution is 0.383. The average Bonchev–Trinajstić information content (AvgIpc) is 2.81. The van der Waals surface area contributed by atoms with Gasteiger partial charge in [-0.3, -0.25) is 0 Å². The zero-order valence-electron chi connectivity index (χ0n) is 11.5. The van der Waals surface area contributed by atoms with Crippen molar-refractivity contribution in [2.75, 3.05) is 12.3 Å². The van der Waals surface area contributed by atoms with Gasteiger partial charge in [0.15, 0.2) is 0 Å². The second-order valence-corrected chi connectivity index (χ2v) is 6.92. The van der Waals surface area contributed by atoms with Crippen LogP contribution in [0, 0.1) is 11.6 Å². The van der Waals surface area contributed by atoms with Crippen LogP contribution in [-0.4, -0.2) is 17.0 Å². The Morgan fingerprint density at radius 3 is 2.58 bits per heavy atom. The fraction of sp³-hybridized carbons (Fsp3) is 0.600. The molecule has 1 aliphatic heterocycles. The second-order valence-electron chi connectivity index (χ2n) is 5.29. The number of nitrogens with one attached hydrogen (secondary N) is 1. The summed E-state index contributed by atoms with van der Waals surface area (Å²) in [7, 11) is 0. The molecule has 1 aromatic carbocycles. The smallest absolute Gasteiger partial charge is 0.130 e. The summed E-state index contributed by atoms with van der Waals surface area (Å²) in [4.78, 5) is 0. The predicted octanol–water partition coefficient (Wildman–Crippen LogP) is 4.29. The van der Waals surface area contributed by atoms with Crippen molar-refractivity contribution in [2.45, 2.75) is 43.9 Å². The van der Waals surface area contributed by atoms with Crippen LogP contribution < -0.4 is 5.32 Å². The van der Waals surface area contributed by atoms with E-state index in [1.54, 1.807) is 0 Å². The molecule has 0 saturated carbocycles. The number of hydrogen-bond donors (Lipinski definition) is 1. The highest BCUT2D eigenvalue weighted by atomic mass is 32.2. The molecular formula is C15H21F2NS. The number of hydrogen-bond acceptors (Lipinski definition) is 2. The third kappa shape index (κ3) is 3.11. The molecule has 2 unspecified atom stereocenters. The summed E-state index contributed by atoms with van der Waals surface area (Å²) in [5.74, 6) is 0.182. The van der Waals surface area contributed by atoms with Crippen molar-refractivity contribution in [1.82, 2.24) is 5.32 Å². The Morgan fingerprint density at radius 1 is 1.37 bits per heavy atom. The Bertz CT molecular complexity index is 410. The maximum Gasteiger partial charge on any atom is 0.130 e. The van der Waals surface area contributed by atoms with Crippen LogP contribution in [0.4, 0.5) is 8.78 Å². The molecule has 2 atom stereocenters. The molecule has 1 heterocycles. The lowest BCUT2D eigenvalue weighted by Crippen LogP contribution is -2.39. The maximum atomic E-state index is 14.1. The molecule has 1 nitrogen and oxygen atoms in total. The Balaban J connectivity index is 2.36. The van der Waals surface area contributed by atoms with E-state index in [1.807, 2.05) is 11.8 Å². The standard InChI is InChI=1S/C15H21F2NS/c1-3-9-18-14(15(2)8-5-10-19-15)13-11(16)6-4-7-12(13)17/h4,6-7,14,18H,3,5,8-10H2,1-2H3. The third-order valence-corrected chi connectivity index (χ3v) is 5.34. The van der Waals surface area contributed by atoms with Gasteiger partial charge in [0.1, 0.15) is 11.6 Å². The first-order valence-electron chi connectivity index (χ1n) is 6.90. The van der Waals surface area contributed by atoms with Crippen molar-refractivity contribution in [1.29, 1.82) is 0 Å². The summed E-state index contributed by atoms with van der Waals surface area (Å²) in [5.41, 5.74) is 0.202. The van der Waals surface area contributed by atoms with E-state index in [4.69, 9.17) is 0 Å². The van der Waals surface area contributed by atoms with Gasteiger partial charge in [0.25, 0.3) is 0 Å². The van der Waals surface area contributed by atoms with Crippen LogP contribution in [0.25, 0.3) is 0 Å². The summed E-state index contributed by atoms with van der Waals surface area (Å²) < 4.78 is 28.0. The van der Waals surface area contributed by atoms with E-state index in [1.165, 1.54) is 18.2 Å². The van der Waals surface area contributed by atoms with Crippen molar-refractivity contribution in [3.63, 3.8) is 0 Å². The van der Waals surface area contributed by atoms with Crippen molar-refractivity contribution >= 4 is 11.8 Å². The molecule has 106 valence electrons. The zero-order valence-corrected chi connectivity index (χ0v) is 12.3. The number of rotatable bonds is 5. The SMILES string of the molecule is CCCNC(c1c(F)cccc1F)C1(C)CCCS1. The fourth-order valence-corrected chi connectivity index (χ4v) is 4.14. The molecule has 1 N–H and O–H groups in total. The molecule has 0 aliphatic carbocycles. The first-order chi connectivity index (χ1) is 9.08. The van der Waals surface area contributed by atoms with E-state index >= 15 is 0 Å². The highest BCUT2D eigenvalue weighted by Gasteiger charge is 2.40. The normalized spacial score (nSPS) is 24.6. The third-order valence-electron chi connectivity index (χ3n) is 3.75. The molecule has 1 aliphatic rings. The molecule has 1 fully saturated rings. The summed E-state index contributed by atoms with van der Waals surface area (Å²) in [6.07, 6.45) is 3.06. The minimum absolute atomic E-state index is 0.127. The fourth-order valence-electron chi connectivity index (χ4n) is 2.73. The molecule has 4 heteroatoms. The van der Waals surface area contributed by atoms with Crippen molar-refractivity contribution in [3.8, 4) is 0 Å². The van der Waals surface area contributed by atoms with Crippen LogP contribution in [0.15, 0.2) is 18.2 Å². The van der Waals surface area contributed by atoms with Crippen LogP contribution in [0.2, 0.25) is 0 Å². The van der Waals surface area contributed by atoms with Gasteiger partial charge in [-0.05, 0) is 50.6 Å². The molecule has 0 spiro atoms. The van der Waals surface area contributed by atoms with E-state index in [-0.39, 0.29) is 16.4 Å². The van der Waals surface area contributed by atoms with Gasteiger partial charge in [-0.15, -0.1) is 0 Å². The van der Waals surface area contributed by atoms with Crippen LogP contribution >= 0.6 is 11.8 Å². The molecular weight excluding hydrogens is 264 g/mol. The predicted molar refractivity (Wildman–Crippen MR) is 77.5 cm³/mol. The number of halogens is 2. The highest BCUT2D eigenvalue weighted by Crippen LogP contribution is 2.47. The maximum absolute atomic E-state index is 14.1. The van der Waals surface area contributed by atoms with E-state index in [0.717, 1.165) is 31.6 Å². The molecule has 0 aromatic heterocycles. The first kappa shape index (κ1) is 14.8.